The number of aromatic nitrogens is 1. The van der Waals surface area contributed by atoms with Crippen LogP contribution in [0.15, 0.2) is 42.6 Å². The van der Waals surface area contributed by atoms with Gasteiger partial charge < -0.3 is 14.4 Å². The van der Waals surface area contributed by atoms with Crippen LogP contribution < -0.4 is 4.74 Å². The molecule has 3 aromatic rings. The summed E-state index contributed by atoms with van der Waals surface area (Å²) in [6.45, 7) is 1.93. The number of carboxylic acid groups (broad SMARTS) is 1. The van der Waals surface area contributed by atoms with Crippen LogP contribution in [0.25, 0.3) is 16.6 Å². The molecule has 0 fully saturated rings. The van der Waals surface area contributed by atoms with E-state index in [1.807, 2.05) is 23.6 Å². The highest BCUT2D eigenvalue weighted by Gasteiger charge is 2.13. The second-order valence-electron chi connectivity index (χ2n) is 5.22. The first-order valence-electron chi connectivity index (χ1n) is 6.98. The number of aromatic carboxylic acids is 1. The van der Waals surface area contributed by atoms with Gasteiger partial charge in [-0.3, -0.25) is 0 Å². The van der Waals surface area contributed by atoms with Gasteiger partial charge in [0.1, 0.15) is 11.8 Å². The molecule has 114 valence electrons. The first-order chi connectivity index (χ1) is 11.0. The van der Waals surface area contributed by atoms with E-state index >= 15 is 0 Å². The van der Waals surface area contributed by atoms with E-state index in [9.17, 15) is 10.1 Å². The minimum Gasteiger partial charge on any atom is -0.496 e. The van der Waals surface area contributed by atoms with Gasteiger partial charge in [0.05, 0.1) is 23.8 Å². The number of nitrogens with zero attached hydrogens (tertiary/aromatic N) is 2. The summed E-state index contributed by atoms with van der Waals surface area (Å²) < 4.78 is 7.23. The molecule has 3 rings (SSSR count). The molecule has 0 bridgehead atoms. The monoisotopic (exact) mass is 306 g/mol. The largest absolute Gasteiger partial charge is 0.496 e. The molecule has 0 aliphatic heterocycles. The minimum absolute atomic E-state index is 0.221. The van der Waals surface area contributed by atoms with Crippen LogP contribution in [0.1, 0.15) is 21.5 Å². The molecule has 0 aliphatic rings. The molecule has 0 amide bonds. The van der Waals surface area contributed by atoms with Gasteiger partial charge in [-0.05, 0) is 42.8 Å². The summed E-state index contributed by atoms with van der Waals surface area (Å²) in [4.78, 5) is 11.0. The lowest BCUT2D eigenvalue weighted by atomic mass is 10.1. The number of hydrogen-bond acceptors (Lipinski definition) is 3. The van der Waals surface area contributed by atoms with Crippen molar-refractivity contribution >= 4 is 16.9 Å². The number of carboxylic acids is 1. The van der Waals surface area contributed by atoms with Gasteiger partial charge in [0.25, 0.3) is 0 Å². The minimum atomic E-state index is -0.969. The van der Waals surface area contributed by atoms with Gasteiger partial charge in [0.2, 0.25) is 0 Å². The van der Waals surface area contributed by atoms with Crippen molar-refractivity contribution in [1.82, 2.24) is 4.57 Å². The number of ether oxygens (including phenoxy) is 1. The average molecular weight is 306 g/mol. The van der Waals surface area contributed by atoms with E-state index in [4.69, 9.17) is 9.84 Å². The van der Waals surface area contributed by atoms with E-state index in [1.54, 1.807) is 37.6 Å². The summed E-state index contributed by atoms with van der Waals surface area (Å²) >= 11 is 0. The Hall–Kier alpha value is -3.26. The number of fused-ring (bicyclic) bond motifs is 1. The molecule has 0 aliphatic carbocycles. The SMILES string of the molecule is COc1cc2c(cc1C)c(C#N)cn2-c1ccc(C(=O)O)cc1. The number of nitriles is 1. The lowest BCUT2D eigenvalue weighted by Crippen LogP contribution is -1.98. The molecular formula is C18H14N2O3. The fraction of sp³-hybridized carbons (Fsp3) is 0.111. The molecule has 5 nitrogen and oxygen atoms in total. The third kappa shape index (κ3) is 2.40. The highest BCUT2D eigenvalue weighted by atomic mass is 16.5. The first kappa shape index (κ1) is 14.7. The van der Waals surface area contributed by atoms with Gasteiger partial charge in [-0.25, -0.2) is 4.79 Å². The van der Waals surface area contributed by atoms with Crippen molar-refractivity contribution in [3.8, 4) is 17.5 Å². The predicted octanol–water partition coefficient (Wildman–Crippen LogP) is 3.52. The zero-order valence-electron chi connectivity index (χ0n) is 12.7. The Morgan fingerprint density at radius 3 is 2.52 bits per heavy atom. The summed E-state index contributed by atoms with van der Waals surface area (Å²) in [5, 5.41) is 19.2. The summed E-state index contributed by atoms with van der Waals surface area (Å²) in [7, 11) is 1.61. The number of aryl methyl sites for hydroxylation is 1. The Bertz CT molecular complexity index is 947. The third-order valence-corrected chi connectivity index (χ3v) is 3.83. The highest BCUT2D eigenvalue weighted by molar-refractivity contribution is 5.90. The average Bonchev–Trinajstić information content (AvgIpc) is 2.91. The number of hydrogen-bond donors (Lipinski definition) is 1. The molecule has 2 aromatic carbocycles. The van der Waals surface area contributed by atoms with E-state index in [-0.39, 0.29) is 5.56 Å². The van der Waals surface area contributed by atoms with Crippen molar-refractivity contribution in [3.05, 3.63) is 59.3 Å². The molecule has 0 unspecified atom stereocenters. The Morgan fingerprint density at radius 2 is 1.96 bits per heavy atom. The second-order valence-corrected chi connectivity index (χ2v) is 5.22. The fourth-order valence-corrected chi connectivity index (χ4v) is 2.65. The first-order valence-corrected chi connectivity index (χ1v) is 6.98. The molecular weight excluding hydrogens is 292 g/mol. The van der Waals surface area contributed by atoms with Gasteiger partial charge in [0.15, 0.2) is 0 Å². The van der Waals surface area contributed by atoms with Crippen molar-refractivity contribution < 1.29 is 14.6 Å². The van der Waals surface area contributed by atoms with Crippen LogP contribution in [0, 0.1) is 18.3 Å². The highest BCUT2D eigenvalue weighted by Crippen LogP contribution is 2.30. The molecule has 0 spiro atoms. The van der Waals surface area contributed by atoms with Gasteiger partial charge in [-0.1, -0.05) is 0 Å². The molecule has 23 heavy (non-hydrogen) atoms. The normalized spacial score (nSPS) is 10.5. The maximum atomic E-state index is 11.0. The predicted molar refractivity (Wildman–Crippen MR) is 86.2 cm³/mol. The van der Waals surface area contributed by atoms with Crippen molar-refractivity contribution in [1.29, 1.82) is 5.26 Å². The van der Waals surface area contributed by atoms with Gasteiger partial charge in [-0.15, -0.1) is 0 Å². The molecule has 0 atom stereocenters. The molecule has 1 N–H and O–H groups in total. The van der Waals surface area contributed by atoms with Crippen LogP contribution in [0.5, 0.6) is 5.75 Å². The number of rotatable bonds is 3. The Kier molecular flexibility index (Phi) is 3.51. The second kappa shape index (κ2) is 5.50. The van der Waals surface area contributed by atoms with E-state index in [0.29, 0.717) is 5.56 Å². The summed E-state index contributed by atoms with van der Waals surface area (Å²) in [5.74, 6) is -0.229. The van der Waals surface area contributed by atoms with E-state index in [1.165, 1.54) is 0 Å². The Labute approximate surface area is 133 Å². The fourth-order valence-electron chi connectivity index (χ4n) is 2.65. The van der Waals surface area contributed by atoms with Gasteiger partial charge in [0, 0.05) is 23.3 Å². The van der Waals surface area contributed by atoms with Crippen LogP contribution in [0.4, 0.5) is 0 Å². The van der Waals surface area contributed by atoms with E-state index in [2.05, 4.69) is 6.07 Å². The lowest BCUT2D eigenvalue weighted by Gasteiger charge is -2.09. The van der Waals surface area contributed by atoms with Crippen LogP contribution in [0.3, 0.4) is 0 Å². The molecule has 1 aromatic heterocycles. The molecule has 0 saturated carbocycles. The maximum absolute atomic E-state index is 11.0. The van der Waals surface area contributed by atoms with Gasteiger partial charge in [-0.2, -0.15) is 5.26 Å². The zero-order valence-corrected chi connectivity index (χ0v) is 12.7. The van der Waals surface area contributed by atoms with Gasteiger partial charge >= 0.3 is 5.97 Å². The van der Waals surface area contributed by atoms with Crippen molar-refractivity contribution in [3.63, 3.8) is 0 Å². The Morgan fingerprint density at radius 1 is 1.26 bits per heavy atom. The van der Waals surface area contributed by atoms with Crippen LogP contribution in [-0.4, -0.2) is 22.8 Å². The van der Waals surface area contributed by atoms with Crippen molar-refractivity contribution in [2.45, 2.75) is 6.92 Å². The summed E-state index contributed by atoms with van der Waals surface area (Å²) in [5.41, 5.74) is 3.36. The lowest BCUT2D eigenvalue weighted by molar-refractivity contribution is 0.0697. The molecule has 0 radical (unpaired) electrons. The van der Waals surface area contributed by atoms with Crippen LogP contribution in [0.2, 0.25) is 0 Å². The topological polar surface area (TPSA) is 75.2 Å². The van der Waals surface area contributed by atoms with Crippen LogP contribution in [-0.2, 0) is 0 Å². The molecule has 0 saturated heterocycles. The quantitative estimate of drug-likeness (QED) is 0.803. The van der Waals surface area contributed by atoms with Crippen molar-refractivity contribution in [2.75, 3.05) is 7.11 Å². The summed E-state index contributed by atoms with van der Waals surface area (Å²) in [6.07, 6.45) is 1.75. The van der Waals surface area contributed by atoms with Crippen LogP contribution >= 0.6 is 0 Å². The van der Waals surface area contributed by atoms with E-state index < -0.39 is 5.97 Å². The molecule has 5 heteroatoms. The van der Waals surface area contributed by atoms with Crippen molar-refractivity contribution in [2.24, 2.45) is 0 Å². The maximum Gasteiger partial charge on any atom is 0.335 e. The number of methoxy groups -OCH3 is 1. The van der Waals surface area contributed by atoms with E-state index in [0.717, 1.165) is 27.9 Å². The zero-order chi connectivity index (χ0) is 16.6. The smallest absolute Gasteiger partial charge is 0.335 e. The number of benzene rings is 2. The Balaban J connectivity index is 2.24. The molecule has 1 heterocycles. The third-order valence-electron chi connectivity index (χ3n) is 3.83. The standard InChI is InChI=1S/C18H14N2O3/c1-11-7-15-13(9-19)10-20(16(15)8-17(11)23-2)14-5-3-12(4-6-14)18(21)22/h3-8,10H,1-2H3,(H,21,22). The summed E-state index contributed by atoms with van der Waals surface area (Å²) in [6, 6.07) is 12.5. The number of carbonyl (C=O) groups is 1.